The minimum absolute atomic E-state index is 0.153. The number of carbonyl (C=O) groups is 2. The number of nitrogens with zero attached hydrogens (tertiary/aromatic N) is 2. The minimum atomic E-state index is -3.67. The fourth-order valence-corrected chi connectivity index (χ4v) is 4.77. The van der Waals surface area contributed by atoms with Crippen LogP contribution in [0.15, 0.2) is 71.3 Å². The van der Waals surface area contributed by atoms with E-state index in [-0.39, 0.29) is 18.1 Å². The van der Waals surface area contributed by atoms with Crippen molar-refractivity contribution in [2.24, 2.45) is 0 Å². The zero-order chi connectivity index (χ0) is 29.3. The van der Waals surface area contributed by atoms with Gasteiger partial charge in [0.1, 0.15) is 18.5 Å². The number of aliphatic hydroxyl groups excluding tert-OH is 2. The van der Waals surface area contributed by atoms with Crippen LogP contribution in [0, 0.1) is 0 Å². The Morgan fingerprint density at radius 3 is 2.15 bits per heavy atom. The van der Waals surface area contributed by atoms with E-state index in [4.69, 9.17) is 4.42 Å². The molecule has 0 unspecified atom stereocenters. The van der Waals surface area contributed by atoms with Gasteiger partial charge in [-0.25, -0.2) is 12.7 Å². The molecule has 0 saturated carbocycles. The number of oxazole rings is 1. The molecule has 0 aliphatic carbocycles. The van der Waals surface area contributed by atoms with Crippen LogP contribution in [0.2, 0.25) is 0 Å². The predicted octanol–water partition coefficient (Wildman–Crippen LogP) is 1.68. The van der Waals surface area contributed by atoms with E-state index in [1.54, 1.807) is 30.3 Å². The topological polar surface area (TPSA) is 162 Å². The average Bonchev–Trinajstić information content (AvgIpc) is 3.44. The van der Waals surface area contributed by atoms with E-state index in [9.17, 15) is 28.2 Å². The molecule has 2 amide bonds. The molecule has 0 aliphatic heterocycles. The second kappa shape index (κ2) is 14.3. The first-order valence-corrected chi connectivity index (χ1v) is 15.7. The predicted molar refractivity (Wildman–Crippen MR) is 154 cm³/mol. The van der Waals surface area contributed by atoms with Crippen molar-refractivity contribution in [3.8, 4) is 0 Å². The Morgan fingerprint density at radius 2 is 1.55 bits per heavy atom. The van der Waals surface area contributed by atoms with Gasteiger partial charge in [-0.2, -0.15) is 16.7 Å². The van der Waals surface area contributed by atoms with Gasteiger partial charge in [-0.1, -0.05) is 48.5 Å². The monoisotopic (exact) mass is 590 g/mol. The number of sulfonamides is 1. The summed E-state index contributed by atoms with van der Waals surface area (Å²) in [7, 11) is -2.43. The van der Waals surface area contributed by atoms with Crippen molar-refractivity contribution < 1.29 is 32.6 Å². The Hall–Kier alpha value is -3.39. The summed E-state index contributed by atoms with van der Waals surface area (Å²) in [5.74, 6) is -0.529. The first kappa shape index (κ1) is 31.1. The highest BCUT2D eigenvalue weighted by atomic mass is 32.2. The van der Waals surface area contributed by atoms with Crippen molar-refractivity contribution in [3.63, 3.8) is 0 Å². The SMILES string of the molecule is CSCC[C@@H](NC(=O)c1ccccc1)[C@@H](O)[C@H](O)[C@H](Cc1ccccc1)NC(=O)c1coc(N(C)S(C)(=O)=O)n1. The number of nitrogens with one attached hydrogen (secondary N) is 2. The van der Waals surface area contributed by atoms with Crippen LogP contribution in [0.1, 0.15) is 32.8 Å². The third-order valence-corrected chi connectivity index (χ3v) is 8.06. The number of aliphatic hydroxyl groups is 2. The molecule has 0 saturated heterocycles. The molecule has 4 atom stereocenters. The molecular weight excluding hydrogens is 556 g/mol. The van der Waals surface area contributed by atoms with Gasteiger partial charge in [0.05, 0.1) is 18.3 Å². The second-order valence-electron chi connectivity index (χ2n) is 9.22. The van der Waals surface area contributed by atoms with Gasteiger partial charge < -0.3 is 25.3 Å². The van der Waals surface area contributed by atoms with Crippen molar-refractivity contribution >= 4 is 39.6 Å². The van der Waals surface area contributed by atoms with E-state index in [1.165, 1.54) is 18.8 Å². The summed E-state index contributed by atoms with van der Waals surface area (Å²) in [5, 5.41) is 28.1. The van der Waals surface area contributed by atoms with Crippen molar-refractivity contribution in [1.82, 2.24) is 15.6 Å². The molecule has 13 heteroatoms. The molecule has 1 heterocycles. The number of thioether (sulfide) groups is 1. The van der Waals surface area contributed by atoms with E-state index in [2.05, 4.69) is 15.6 Å². The fraction of sp³-hybridized carbons (Fsp3) is 0.370. The first-order valence-electron chi connectivity index (χ1n) is 12.5. The lowest BCUT2D eigenvalue weighted by Crippen LogP contribution is -2.56. The van der Waals surface area contributed by atoms with Crippen LogP contribution in [0.5, 0.6) is 0 Å². The zero-order valence-corrected chi connectivity index (χ0v) is 24.1. The van der Waals surface area contributed by atoms with Crippen molar-refractivity contribution in [2.45, 2.75) is 37.1 Å². The number of rotatable bonds is 14. The van der Waals surface area contributed by atoms with Crippen molar-refractivity contribution in [3.05, 3.63) is 83.7 Å². The zero-order valence-electron chi connectivity index (χ0n) is 22.4. The number of carbonyl (C=O) groups excluding carboxylic acids is 2. The Kier molecular flexibility index (Phi) is 11.1. The lowest BCUT2D eigenvalue weighted by molar-refractivity contribution is -0.0224. The van der Waals surface area contributed by atoms with E-state index < -0.39 is 46.1 Å². The maximum Gasteiger partial charge on any atom is 0.311 e. The van der Waals surface area contributed by atoms with Crippen LogP contribution in [0.4, 0.5) is 6.01 Å². The van der Waals surface area contributed by atoms with Crippen LogP contribution < -0.4 is 14.9 Å². The van der Waals surface area contributed by atoms with Crippen LogP contribution in [-0.2, 0) is 16.4 Å². The lowest BCUT2D eigenvalue weighted by atomic mass is 9.92. The number of aromatic nitrogens is 1. The summed E-state index contributed by atoms with van der Waals surface area (Å²) in [6.45, 7) is 0. The number of hydrogen-bond donors (Lipinski definition) is 4. The molecule has 3 rings (SSSR count). The molecule has 1 aromatic heterocycles. The van der Waals surface area contributed by atoms with Crippen LogP contribution in [0.25, 0.3) is 0 Å². The molecule has 40 heavy (non-hydrogen) atoms. The van der Waals surface area contributed by atoms with Gasteiger partial charge in [-0.05, 0) is 42.5 Å². The largest absolute Gasteiger partial charge is 0.430 e. The summed E-state index contributed by atoms with van der Waals surface area (Å²) in [6.07, 6.45) is 1.47. The van der Waals surface area contributed by atoms with Crippen LogP contribution in [0.3, 0.4) is 0 Å². The molecule has 0 radical (unpaired) electrons. The van der Waals surface area contributed by atoms with E-state index in [1.807, 2.05) is 36.6 Å². The highest BCUT2D eigenvalue weighted by Crippen LogP contribution is 2.18. The Bertz CT molecular complexity index is 1350. The maximum absolute atomic E-state index is 13.1. The molecule has 11 nitrogen and oxygen atoms in total. The molecule has 3 aromatic rings. The summed E-state index contributed by atoms with van der Waals surface area (Å²) in [5.41, 5.74) is 0.987. The van der Waals surface area contributed by atoms with Gasteiger partial charge in [-0.3, -0.25) is 9.59 Å². The Morgan fingerprint density at radius 1 is 0.975 bits per heavy atom. The van der Waals surface area contributed by atoms with Crippen LogP contribution in [-0.4, -0.2) is 85.0 Å². The third-order valence-electron chi connectivity index (χ3n) is 6.27. The molecule has 2 aromatic carbocycles. The maximum atomic E-state index is 13.1. The number of benzene rings is 2. The van der Waals surface area contributed by atoms with Gasteiger partial charge in [0.15, 0.2) is 5.69 Å². The first-order chi connectivity index (χ1) is 19.0. The molecule has 0 spiro atoms. The van der Waals surface area contributed by atoms with Gasteiger partial charge >= 0.3 is 6.01 Å². The molecule has 216 valence electrons. The highest BCUT2D eigenvalue weighted by molar-refractivity contribution is 7.98. The van der Waals surface area contributed by atoms with Crippen molar-refractivity contribution in [1.29, 1.82) is 0 Å². The number of anilines is 1. The normalized spacial score (nSPS) is 14.5. The lowest BCUT2D eigenvalue weighted by Gasteiger charge is -2.33. The smallest absolute Gasteiger partial charge is 0.311 e. The Labute approximate surface area is 238 Å². The van der Waals surface area contributed by atoms with E-state index in [0.29, 0.717) is 17.7 Å². The molecular formula is C27H34N4O7S2. The van der Waals surface area contributed by atoms with E-state index in [0.717, 1.165) is 22.4 Å². The van der Waals surface area contributed by atoms with Gasteiger partial charge in [-0.15, -0.1) is 0 Å². The quantitative estimate of drug-likeness (QED) is 0.219. The second-order valence-corrected chi connectivity index (χ2v) is 12.2. The van der Waals surface area contributed by atoms with E-state index >= 15 is 0 Å². The highest BCUT2D eigenvalue weighted by Gasteiger charge is 2.35. The number of amides is 2. The minimum Gasteiger partial charge on any atom is -0.430 e. The molecule has 0 bridgehead atoms. The summed E-state index contributed by atoms with van der Waals surface area (Å²) in [6, 6.07) is 15.5. The van der Waals surface area contributed by atoms with Crippen molar-refractivity contribution in [2.75, 3.05) is 29.6 Å². The van der Waals surface area contributed by atoms with Gasteiger partial charge in [0, 0.05) is 12.6 Å². The fourth-order valence-electron chi connectivity index (χ4n) is 3.91. The summed E-state index contributed by atoms with van der Waals surface area (Å²) < 4.78 is 29.5. The Balaban J connectivity index is 1.83. The van der Waals surface area contributed by atoms with Gasteiger partial charge in [0.2, 0.25) is 10.0 Å². The molecule has 0 aliphatic rings. The number of hydrogen-bond acceptors (Lipinski definition) is 9. The molecule has 4 N–H and O–H groups in total. The van der Waals surface area contributed by atoms with Crippen LogP contribution >= 0.6 is 11.8 Å². The average molecular weight is 591 g/mol. The third kappa shape index (κ3) is 8.55. The van der Waals surface area contributed by atoms with Gasteiger partial charge in [0.25, 0.3) is 11.8 Å². The summed E-state index contributed by atoms with van der Waals surface area (Å²) >= 11 is 1.53. The summed E-state index contributed by atoms with van der Waals surface area (Å²) in [4.78, 5) is 29.9. The standard InChI is InChI=1S/C27H34N4O7S2/c1-31(40(3,36)37)27-30-22(17-38-27)26(35)29-21(16-18-10-6-4-7-11-18)24(33)23(32)20(14-15-39-2)28-25(34)19-12-8-5-9-13-19/h4-13,17,20-21,23-24,32-33H,14-16H2,1-3H3,(H,28,34)(H,29,35)/t20-,21+,23-,24-/m1/s1. The molecule has 0 fully saturated rings.